The summed E-state index contributed by atoms with van der Waals surface area (Å²) >= 11 is 0. The van der Waals surface area contributed by atoms with Crippen molar-refractivity contribution in [1.29, 1.82) is 0 Å². The van der Waals surface area contributed by atoms with Gasteiger partial charge in [0, 0.05) is 18.7 Å². The lowest BCUT2D eigenvalue weighted by Gasteiger charge is -2.26. The number of nitro groups is 1. The summed E-state index contributed by atoms with van der Waals surface area (Å²) in [7, 11) is 0. The number of nitro benzene ring substituents is 1. The van der Waals surface area contributed by atoms with E-state index >= 15 is 0 Å². The van der Waals surface area contributed by atoms with Crippen molar-refractivity contribution < 1.29 is 14.1 Å². The Morgan fingerprint density at radius 2 is 2.14 bits per heavy atom. The topological polar surface area (TPSA) is 75.5 Å². The van der Waals surface area contributed by atoms with Crippen molar-refractivity contribution in [2.75, 3.05) is 11.4 Å². The zero-order valence-electron chi connectivity index (χ0n) is 11.4. The average Bonchev–Trinajstić information content (AvgIpc) is 3.12. The third-order valence-corrected chi connectivity index (χ3v) is 3.93. The van der Waals surface area contributed by atoms with Crippen LogP contribution in [-0.2, 0) is 4.79 Å². The molecule has 1 saturated heterocycles. The number of carbonyl (C=O) groups excluding carboxylic acids is 1. The van der Waals surface area contributed by atoms with Gasteiger partial charge >= 0.3 is 0 Å². The van der Waals surface area contributed by atoms with Crippen molar-refractivity contribution in [2.24, 2.45) is 0 Å². The molecular formula is C14H16FN3O3. The van der Waals surface area contributed by atoms with Crippen LogP contribution in [0.4, 0.5) is 15.8 Å². The fourth-order valence-corrected chi connectivity index (χ4v) is 2.69. The van der Waals surface area contributed by atoms with E-state index in [-0.39, 0.29) is 29.4 Å². The summed E-state index contributed by atoms with van der Waals surface area (Å²) in [6.07, 6.45) is 3.49. The lowest BCUT2D eigenvalue weighted by Crippen LogP contribution is -2.44. The number of carbonyl (C=O) groups is 1. The molecule has 0 aromatic heterocycles. The smallest absolute Gasteiger partial charge is 0.272 e. The van der Waals surface area contributed by atoms with Gasteiger partial charge in [0.1, 0.15) is 6.04 Å². The molecule has 2 aliphatic rings. The molecule has 7 heteroatoms. The van der Waals surface area contributed by atoms with Gasteiger partial charge in [0.2, 0.25) is 5.91 Å². The van der Waals surface area contributed by atoms with Gasteiger partial charge in [-0.1, -0.05) is 0 Å². The van der Waals surface area contributed by atoms with E-state index < -0.39 is 10.7 Å². The third kappa shape index (κ3) is 2.81. The van der Waals surface area contributed by atoms with E-state index in [0.29, 0.717) is 13.0 Å². The maximum absolute atomic E-state index is 14.1. The average molecular weight is 293 g/mol. The molecule has 0 radical (unpaired) electrons. The number of anilines is 1. The number of halogens is 1. The lowest BCUT2D eigenvalue weighted by atomic mass is 10.2. The van der Waals surface area contributed by atoms with Gasteiger partial charge in [0.25, 0.3) is 5.69 Å². The van der Waals surface area contributed by atoms with Crippen molar-refractivity contribution in [1.82, 2.24) is 5.32 Å². The van der Waals surface area contributed by atoms with Crippen LogP contribution in [0.2, 0.25) is 0 Å². The van der Waals surface area contributed by atoms with E-state index in [2.05, 4.69) is 5.32 Å². The molecule has 112 valence electrons. The Bertz CT molecular complexity index is 589. The van der Waals surface area contributed by atoms with Crippen LogP contribution in [0.3, 0.4) is 0 Å². The monoisotopic (exact) mass is 293 g/mol. The minimum Gasteiger partial charge on any atom is -0.357 e. The van der Waals surface area contributed by atoms with Crippen LogP contribution in [0.25, 0.3) is 0 Å². The number of non-ortho nitro benzene ring substituents is 1. The number of benzene rings is 1. The fraction of sp³-hybridized carbons (Fsp3) is 0.500. The molecular weight excluding hydrogens is 277 g/mol. The van der Waals surface area contributed by atoms with Crippen molar-refractivity contribution >= 4 is 17.3 Å². The third-order valence-electron chi connectivity index (χ3n) is 3.93. The molecule has 1 saturated carbocycles. The second-order valence-electron chi connectivity index (χ2n) is 5.53. The van der Waals surface area contributed by atoms with E-state index in [9.17, 15) is 19.3 Å². The van der Waals surface area contributed by atoms with Crippen LogP contribution in [0, 0.1) is 15.9 Å². The van der Waals surface area contributed by atoms with Crippen LogP contribution < -0.4 is 10.2 Å². The second-order valence-corrected chi connectivity index (χ2v) is 5.53. The summed E-state index contributed by atoms with van der Waals surface area (Å²) in [5.74, 6) is -0.733. The molecule has 0 unspecified atom stereocenters. The molecule has 1 aliphatic heterocycles. The maximum Gasteiger partial charge on any atom is 0.272 e. The zero-order valence-corrected chi connectivity index (χ0v) is 11.4. The predicted octanol–water partition coefficient (Wildman–Crippen LogP) is 1.98. The van der Waals surface area contributed by atoms with Gasteiger partial charge < -0.3 is 10.2 Å². The minimum atomic E-state index is -0.657. The number of amides is 1. The highest BCUT2D eigenvalue weighted by Crippen LogP contribution is 2.31. The second kappa shape index (κ2) is 5.31. The highest BCUT2D eigenvalue weighted by Gasteiger charge is 2.35. The normalized spacial score (nSPS) is 21.4. The first kappa shape index (κ1) is 13.8. The molecule has 1 amide bonds. The molecule has 6 nitrogen and oxygen atoms in total. The number of rotatable bonds is 4. The Balaban J connectivity index is 1.80. The molecule has 3 rings (SSSR count). The van der Waals surface area contributed by atoms with E-state index in [0.717, 1.165) is 25.3 Å². The lowest BCUT2D eigenvalue weighted by molar-refractivity contribution is -0.385. The van der Waals surface area contributed by atoms with Crippen molar-refractivity contribution in [2.45, 2.75) is 37.8 Å². The first-order valence-corrected chi connectivity index (χ1v) is 7.07. The zero-order chi connectivity index (χ0) is 15.0. The SMILES string of the molecule is O=C(NC1CC1)[C@@H]1CCCN1c1ccc([N+](=O)[O-])cc1F. The van der Waals surface area contributed by atoms with Gasteiger partial charge in [-0.3, -0.25) is 14.9 Å². The number of nitrogens with zero attached hydrogens (tertiary/aromatic N) is 2. The van der Waals surface area contributed by atoms with Crippen molar-refractivity contribution in [3.8, 4) is 0 Å². The van der Waals surface area contributed by atoms with Gasteiger partial charge in [0.15, 0.2) is 5.82 Å². The maximum atomic E-state index is 14.1. The molecule has 21 heavy (non-hydrogen) atoms. The summed E-state index contributed by atoms with van der Waals surface area (Å²) in [6.45, 7) is 0.581. The van der Waals surface area contributed by atoms with Crippen molar-refractivity contribution in [3.63, 3.8) is 0 Å². The summed E-state index contributed by atoms with van der Waals surface area (Å²) in [4.78, 5) is 23.9. The van der Waals surface area contributed by atoms with Crippen LogP contribution in [0.15, 0.2) is 18.2 Å². The van der Waals surface area contributed by atoms with Gasteiger partial charge in [0.05, 0.1) is 16.7 Å². The number of hydrogen-bond acceptors (Lipinski definition) is 4. The Morgan fingerprint density at radius 1 is 1.38 bits per heavy atom. The largest absolute Gasteiger partial charge is 0.357 e. The van der Waals surface area contributed by atoms with E-state index in [1.165, 1.54) is 12.1 Å². The molecule has 1 aromatic rings. The quantitative estimate of drug-likeness (QED) is 0.680. The Kier molecular flexibility index (Phi) is 3.48. The first-order valence-electron chi connectivity index (χ1n) is 7.07. The van der Waals surface area contributed by atoms with Crippen LogP contribution in [0.1, 0.15) is 25.7 Å². The molecule has 1 aliphatic carbocycles. The molecule has 0 spiro atoms. The van der Waals surface area contributed by atoms with Gasteiger partial charge in [-0.05, 0) is 31.7 Å². The highest BCUT2D eigenvalue weighted by atomic mass is 19.1. The number of nitrogens with one attached hydrogen (secondary N) is 1. The van der Waals surface area contributed by atoms with Crippen LogP contribution >= 0.6 is 0 Å². The van der Waals surface area contributed by atoms with Gasteiger partial charge in [-0.25, -0.2) is 4.39 Å². The standard InChI is InChI=1S/C14H16FN3O3/c15-11-8-10(18(20)21)5-6-12(11)17-7-1-2-13(17)14(19)16-9-3-4-9/h5-6,8-9,13H,1-4,7H2,(H,16,19)/t13-/m0/s1. The predicted molar refractivity (Wildman–Crippen MR) is 74.6 cm³/mol. The summed E-state index contributed by atoms with van der Waals surface area (Å²) in [5.41, 5.74) is -0.0246. The Morgan fingerprint density at radius 3 is 2.76 bits per heavy atom. The molecule has 1 aromatic carbocycles. The van der Waals surface area contributed by atoms with Crippen LogP contribution in [-0.4, -0.2) is 29.5 Å². The van der Waals surface area contributed by atoms with Gasteiger partial charge in [-0.15, -0.1) is 0 Å². The van der Waals surface area contributed by atoms with E-state index in [1.54, 1.807) is 4.90 Å². The summed E-state index contributed by atoms with van der Waals surface area (Å²) in [6, 6.07) is 3.44. The van der Waals surface area contributed by atoms with Gasteiger partial charge in [-0.2, -0.15) is 0 Å². The number of hydrogen-bond donors (Lipinski definition) is 1. The van der Waals surface area contributed by atoms with E-state index in [1.807, 2.05) is 0 Å². The molecule has 0 bridgehead atoms. The summed E-state index contributed by atoms with van der Waals surface area (Å²) < 4.78 is 14.1. The van der Waals surface area contributed by atoms with Crippen LogP contribution in [0.5, 0.6) is 0 Å². The molecule has 1 N–H and O–H groups in total. The minimum absolute atomic E-state index is 0.0762. The van der Waals surface area contributed by atoms with Crippen molar-refractivity contribution in [3.05, 3.63) is 34.1 Å². The van der Waals surface area contributed by atoms with E-state index in [4.69, 9.17) is 0 Å². The molecule has 1 atom stereocenters. The Labute approximate surface area is 121 Å². The summed E-state index contributed by atoms with van der Waals surface area (Å²) in [5, 5.41) is 13.6. The Hall–Kier alpha value is -2.18. The highest BCUT2D eigenvalue weighted by molar-refractivity contribution is 5.86. The first-order chi connectivity index (χ1) is 10.1. The fourth-order valence-electron chi connectivity index (χ4n) is 2.69. The molecule has 1 heterocycles. The molecule has 2 fully saturated rings.